The van der Waals surface area contributed by atoms with Crippen LogP contribution in [0.5, 0.6) is 0 Å². The van der Waals surface area contributed by atoms with Crippen LogP contribution in [0.25, 0.3) is 0 Å². The molecule has 0 saturated heterocycles. The Balaban J connectivity index is 3.62. The molecule has 0 aliphatic heterocycles. The minimum atomic E-state index is -0.984. The highest BCUT2D eigenvalue weighted by atomic mass is 16.5. The van der Waals surface area contributed by atoms with Crippen molar-refractivity contribution in [3.8, 4) is 0 Å². The first-order valence-corrected chi connectivity index (χ1v) is 3.10. The number of carboxylic acids is 1. The average Bonchev–Trinajstić information content (AvgIpc) is 1.99. The molecule has 0 fully saturated rings. The molecule has 11 heavy (non-hydrogen) atoms. The van der Waals surface area contributed by atoms with Gasteiger partial charge in [-0.05, 0) is 6.92 Å². The molecule has 0 radical (unpaired) electrons. The van der Waals surface area contributed by atoms with Gasteiger partial charge in [-0.3, -0.25) is 4.79 Å². The SMILES string of the molecule is C=CC(=O)OCC(C)C(=O)O. The zero-order valence-corrected chi connectivity index (χ0v) is 6.24. The summed E-state index contributed by atoms with van der Waals surface area (Å²) < 4.78 is 4.48. The molecule has 0 amide bonds. The fourth-order valence-electron chi connectivity index (χ4n) is 0.337. The molecule has 0 heterocycles. The third-order valence-corrected chi connectivity index (χ3v) is 1.06. The summed E-state index contributed by atoms with van der Waals surface area (Å²) in [4.78, 5) is 20.6. The molecule has 1 atom stereocenters. The maximum absolute atomic E-state index is 10.4. The van der Waals surface area contributed by atoms with Crippen molar-refractivity contribution >= 4 is 11.9 Å². The van der Waals surface area contributed by atoms with E-state index in [9.17, 15) is 9.59 Å². The first-order valence-electron chi connectivity index (χ1n) is 3.10. The van der Waals surface area contributed by atoms with Gasteiger partial charge in [0.15, 0.2) is 0 Å². The quantitative estimate of drug-likeness (QED) is 0.476. The van der Waals surface area contributed by atoms with E-state index in [1.807, 2.05) is 0 Å². The summed E-state index contributed by atoms with van der Waals surface area (Å²) in [7, 11) is 0. The van der Waals surface area contributed by atoms with Crippen molar-refractivity contribution in [2.24, 2.45) is 5.92 Å². The number of rotatable bonds is 4. The molecule has 1 N–H and O–H groups in total. The van der Waals surface area contributed by atoms with E-state index in [1.54, 1.807) is 0 Å². The molecule has 0 bridgehead atoms. The van der Waals surface area contributed by atoms with Crippen molar-refractivity contribution < 1.29 is 19.4 Å². The van der Waals surface area contributed by atoms with E-state index in [2.05, 4.69) is 11.3 Å². The lowest BCUT2D eigenvalue weighted by molar-refractivity contribution is -0.147. The maximum Gasteiger partial charge on any atom is 0.330 e. The molecule has 0 aromatic carbocycles. The number of hydrogen-bond acceptors (Lipinski definition) is 3. The minimum absolute atomic E-state index is 0.111. The summed E-state index contributed by atoms with van der Waals surface area (Å²) in [6.07, 6.45) is 0.995. The topological polar surface area (TPSA) is 63.6 Å². The Labute approximate surface area is 64.5 Å². The van der Waals surface area contributed by atoms with Crippen LogP contribution < -0.4 is 0 Å². The highest BCUT2D eigenvalue weighted by molar-refractivity contribution is 5.81. The fraction of sp³-hybridized carbons (Fsp3) is 0.429. The number of carboxylic acid groups (broad SMARTS) is 1. The van der Waals surface area contributed by atoms with Crippen molar-refractivity contribution in [1.82, 2.24) is 0 Å². The van der Waals surface area contributed by atoms with Crippen molar-refractivity contribution in [3.05, 3.63) is 12.7 Å². The van der Waals surface area contributed by atoms with E-state index in [0.29, 0.717) is 0 Å². The number of aliphatic carboxylic acids is 1. The number of carbonyl (C=O) groups excluding carboxylic acids is 1. The number of carbonyl (C=O) groups is 2. The Morgan fingerprint density at radius 3 is 2.64 bits per heavy atom. The lowest BCUT2D eigenvalue weighted by atomic mass is 10.2. The zero-order valence-electron chi connectivity index (χ0n) is 6.24. The molecule has 0 saturated carbocycles. The van der Waals surface area contributed by atoms with Crippen molar-refractivity contribution in [1.29, 1.82) is 0 Å². The van der Waals surface area contributed by atoms with Crippen LogP contribution in [0.1, 0.15) is 6.92 Å². The summed E-state index contributed by atoms with van der Waals surface area (Å²) >= 11 is 0. The Morgan fingerprint density at radius 2 is 2.27 bits per heavy atom. The van der Waals surface area contributed by atoms with Gasteiger partial charge in [0.05, 0.1) is 5.92 Å². The monoisotopic (exact) mass is 158 g/mol. The van der Waals surface area contributed by atoms with Gasteiger partial charge in [0, 0.05) is 6.08 Å². The largest absolute Gasteiger partial charge is 0.481 e. The van der Waals surface area contributed by atoms with Crippen molar-refractivity contribution in [2.45, 2.75) is 6.92 Å². The Kier molecular flexibility index (Phi) is 3.95. The third kappa shape index (κ3) is 4.13. The van der Waals surface area contributed by atoms with E-state index in [1.165, 1.54) is 6.92 Å². The molecule has 0 aliphatic rings. The average molecular weight is 158 g/mol. The van der Waals surface area contributed by atoms with Crippen LogP contribution in [0, 0.1) is 5.92 Å². The molecule has 4 nitrogen and oxygen atoms in total. The zero-order chi connectivity index (χ0) is 8.85. The van der Waals surface area contributed by atoms with Crippen LogP contribution in [-0.4, -0.2) is 23.7 Å². The van der Waals surface area contributed by atoms with Crippen molar-refractivity contribution in [2.75, 3.05) is 6.61 Å². The lowest BCUT2D eigenvalue weighted by Gasteiger charge is -2.04. The van der Waals surface area contributed by atoms with E-state index in [0.717, 1.165) is 6.08 Å². The molecule has 1 unspecified atom stereocenters. The van der Waals surface area contributed by atoms with Crippen LogP contribution in [-0.2, 0) is 14.3 Å². The summed E-state index contributed by atoms with van der Waals surface area (Å²) in [5.74, 6) is -2.25. The van der Waals surface area contributed by atoms with E-state index in [-0.39, 0.29) is 6.61 Å². The molecular formula is C7H10O4. The number of esters is 1. The predicted molar refractivity (Wildman–Crippen MR) is 38.0 cm³/mol. The summed E-state index contributed by atoms with van der Waals surface area (Å²) in [5.41, 5.74) is 0. The highest BCUT2D eigenvalue weighted by Gasteiger charge is 2.11. The second kappa shape index (κ2) is 4.49. The van der Waals surface area contributed by atoms with Gasteiger partial charge in [-0.1, -0.05) is 6.58 Å². The second-order valence-electron chi connectivity index (χ2n) is 2.07. The van der Waals surface area contributed by atoms with Gasteiger partial charge < -0.3 is 9.84 Å². The van der Waals surface area contributed by atoms with Crippen LogP contribution in [0.2, 0.25) is 0 Å². The first kappa shape index (κ1) is 9.68. The van der Waals surface area contributed by atoms with Crippen LogP contribution in [0.4, 0.5) is 0 Å². The minimum Gasteiger partial charge on any atom is -0.481 e. The van der Waals surface area contributed by atoms with Gasteiger partial charge >= 0.3 is 11.9 Å². The fourth-order valence-corrected chi connectivity index (χ4v) is 0.337. The normalized spacial score (nSPS) is 11.7. The summed E-state index contributed by atoms with van der Waals surface area (Å²) in [6.45, 7) is 4.51. The molecule has 0 rings (SSSR count). The van der Waals surface area contributed by atoms with Gasteiger partial charge in [0.2, 0.25) is 0 Å². The lowest BCUT2D eigenvalue weighted by Crippen LogP contribution is -2.17. The smallest absolute Gasteiger partial charge is 0.330 e. The number of ether oxygens (including phenoxy) is 1. The van der Waals surface area contributed by atoms with Crippen LogP contribution in [0.3, 0.4) is 0 Å². The predicted octanol–water partition coefficient (Wildman–Crippen LogP) is 0.436. The summed E-state index contributed by atoms with van der Waals surface area (Å²) in [6, 6.07) is 0. The molecule has 62 valence electrons. The first-order chi connectivity index (χ1) is 5.07. The maximum atomic E-state index is 10.4. The molecule has 0 aromatic heterocycles. The Morgan fingerprint density at radius 1 is 1.73 bits per heavy atom. The Bertz CT molecular complexity index is 173. The molecule has 0 spiro atoms. The van der Waals surface area contributed by atoms with Gasteiger partial charge in [0.1, 0.15) is 6.61 Å². The third-order valence-electron chi connectivity index (χ3n) is 1.06. The standard InChI is InChI=1S/C7H10O4/c1-3-6(8)11-4-5(2)7(9)10/h3,5H,1,4H2,2H3,(H,9,10). The highest BCUT2D eigenvalue weighted by Crippen LogP contribution is 1.95. The molecule has 4 heteroatoms. The van der Waals surface area contributed by atoms with Crippen molar-refractivity contribution in [3.63, 3.8) is 0 Å². The number of hydrogen-bond donors (Lipinski definition) is 1. The molecular weight excluding hydrogens is 148 g/mol. The molecule has 0 aromatic rings. The van der Waals surface area contributed by atoms with Gasteiger partial charge in [0.25, 0.3) is 0 Å². The summed E-state index contributed by atoms with van der Waals surface area (Å²) in [5, 5.41) is 8.35. The Hall–Kier alpha value is -1.32. The molecule has 0 aliphatic carbocycles. The van der Waals surface area contributed by atoms with E-state index in [4.69, 9.17) is 5.11 Å². The second-order valence-corrected chi connectivity index (χ2v) is 2.07. The van der Waals surface area contributed by atoms with Crippen LogP contribution in [0.15, 0.2) is 12.7 Å². The van der Waals surface area contributed by atoms with Gasteiger partial charge in [-0.2, -0.15) is 0 Å². The van der Waals surface area contributed by atoms with E-state index < -0.39 is 17.9 Å². The van der Waals surface area contributed by atoms with Crippen LogP contribution >= 0.6 is 0 Å². The van der Waals surface area contributed by atoms with Gasteiger partial charge in [-0.25, -0.2) is 4.79 Å². The van der Waals surface area contributed by atoms with E-state index >= 15 is 0 Å². The van der Waals surface area contributed by atoms with Gasteiger partial charge in [-0.15, -0.1) is 0 Å².